The molecule has 6 nitrogen and oxygen atoms in total. The van der Waals surface area contributed by atoms with Crippen molar-refractivity contribution in [1.82, 2.24) is 5.32 Å². The number of carbonyl (C=O) groups excluding carboxylic acids is 2. The summed E-state index contributed by atoms with van der Waals surface area (Å²) in [4.78, 5) is 27.3. The van der Waals surface area contributed by atoms with Crippen molar-refractivity contribution >= 4 is 40.5 Å². The first-order valence-electron chi connectivity index (χ1n) is 11.3. The van der Waals surface area contributed by atoms with Gasteiger partial charge in [-0.15, -0.1) is 0 Å². The predicted molar refractivity (Wildman–Crippen MR) is 113 cm³/mol. The summed E-state index contributed by atoms with van der Waals surface area (Å²) in [6.45, 7) is 1.14. The van der Waals surface area contributed by atoms with Gasteiger partial charge in [0.05, 0.1) is 27.0 Å². The van der Waals surface area contributed by atoms with E-state index in [0.29, 0.717) is 11.0 Å². The Morgan fingerprint density at radius 1 is 1.26 bits per heavy atom. The fraction of sp³-hybridized carbons (Fsp3) is 0.238. The van der Waals surface area contributed by atoms with Crippen LogP contribution in [0.25, 0.3) is 0 Å². The van der Waals surface area contributed by atoms with Gasteiger partial charge < -0.3 is 10.2 Å². The highest BCUT2D eigenvalue weighted by Gasteiger charge is 2.50. The molecule has 0 aliphatic carbocycles. The van der Waals surface area contributed by atoms with Gasteiger partial charge in [-0.25, -0.2) is 0 Å². The molecule has 1 N–H and O–H groups in total. The van der Waals surface area contributed by atoms with Gasteiger partial charge in [-0.3, -0.25) is 14.5 Å². The van der Waals surface area contributed by atoms with Crippen LogP contribution in [-0.4, -0.2) is 29.5 Å². The van der Waals surface area contributed by atoms with Crippen LogP contribution in [0.4, 0.5) is 24.5 Å². The lowest BCUT2D eigenvalue weighted by molar-refractivity contribution is -0.137. The van der Waals surface area contributed by atoms with Gasteiger partial charge in [-0.1, -0.05) is 0 Å². The van der Waals surface area contributed by atoms with E-state index >= 15 is 0 Å². The predicted octanol–water partition coefficient (Wildman–Crippen LogP) is 3.85. The highest BCUT2D eigenvalue weighted by atomic mass is 32.1. The van der Waals surface area contributed by atoms with E-state index in [2.05, 4.69) is 0 Å². The summed E-state index contributed by atoms with van der Waals surface area (Å²) in [6, 6.07) is 3.36. The van der Waals surface area contributed by atoms with E-state index < -0.39 is 59.4 Å². The van der Waals surface area contributed by atoms with Crippen molar-refractivity contribution in [2.45, 2.75) is 25.6 Å². The first-order valence-corrected chi connectivity index (χ1v) is 9.01. The first kappa shape index (κ1) is 16.3. The second-order valence-electron chi connectivity index (χ2n) is 6.91. The first-order chi connectivity index (χ1) is 16.5. The van der Waals surface area contributed by atoms with E-state index in [1.165, 1.54) is 43.0 Å². The largest absolute Gasteiger partial charge is 0.417 e. The molecule has 1 heterocycles. The molecule has 31 heavy (non-hydrogen) atoms. The van der Waals surface area contributed by atoms with Crippen molar-refractivity contribution in [3.05, 3.63) is 59.1 Å². The molecule has 2 aromatic rings. The van der Waals surface area contributed by atoms with Crippen LogP contribution in [0.3, 0.4) is 0 Å². The minimum atomic E-state index is -5.11. The molecular weight excluding hydrogens is 429 g/mol. The normalized spacial score (nSPS) is 18.2. The van der Waals surface area contributed by atoms with Gasteiger partial charge in [-0.2, -0.15) is 18.4 Å². The lowest BCUT2D eigenvalue weighted by Gasteiger charge is -2.29. The smallest absolute Gasteiger partial charge is 0.355 e. The molecule has 0 aromatic heterocycles. The highest BCUT2D eigenvalue weighted by Crippen LogP contribution is 2.39. The van der Waals surface area contributed by atoms with E-state index in [1.807, 2.05) is 5.32 Å². The molecule has 2 amide bonds. The number of nitrogens with zero attached hydrogens (tertiary/aromatic N) is 3. The quantitative estimate of drug-likeness (QED) is 0.718. The zero-order valence-electron chi connectivity index (χ0n) is 21.1. The summed E-state index contributed by atoms with van der Waals surface area (Å²) in [7, 11) is 0. The monoisotopic (exact) mass is 451 g/mol. The summed E-state index contributed by atoms with van der Waals surface area (Å²) >= 11 is 5.38. The molecule has 160 valence electrons. The van der Waals surface area contributed by atoms with Gasteiger partial charge in [0.25, 0.3) is 11.8 Å². The molecule has 0 saturated carbocycles. The fourth-order valence-corrected chi connectivity index (χ4v) is 3.57. The Labute approximate surface area is 188 Å². The van der Waals surface area contributed by atoms with E-state index in [1.54, 1.807) is 0 Å². The Kier molecular flexibility index (Phi) is 4.02. The number of benzene rings is 2. The van der Waals surface area contributed by atoms with Gasteiger partial charge in [0, 0.05) is 21.0 Å². The lowest BCUT2D eigenvalue weighted by Crippen LogP contribution is -2.44. The van der Waals surface area contributed by atoms with Crippen LogP contribution in [0.2, 0.25) is 0 Å². The molecule has 1 aliphatic rings. The molecule has 0 radical (unpaired) electrons. The maximum absolute atomic E-state index is 13.7. The molecule has 0 unspecified atom stereocenters. The van der Waals surface area contributed by atoms with Gasteiger partial charge in [0.2, 0.25) is 0 Å². The van der Waals surface area contributed by atoms with E-state index in [9.17, 15) is 22.8 Å². The molecule has 1 saturated heterocycles. The van der Waals surface area contributed by atoms with Crippen LogP contribution in [0.1, 0.15) is 42.2 Å². The van der Waals surface area contributed by atoms with Crippen molar-refractivity contribution in [1.29, 1.82) is 5.26 Å². The number of halogens is 3. The van der Waals surface area contributed by atoms with Crippen LogP contribution in [-0.2, 0) is 11.0 Å². The maximum atomic E-state index is 13.7. The lowest BCUT2D eigenvalue weighted by atomic mass is 10.0. The highest BCUT2D eigenvalue weighted by molar-refractivity contribution is 7.81. The minimum Gasteiger partial charge on any atom is -0.355 e. The molecule has 2 aromatic carbocycles. The number of hydrogen-bond acceptors (Lipinski definition) is 4. The van der Waals surface area contributed by atoms with Crippen LogP contribution in [0.5, 0.6) is 0 Å². The zero-order valence-corrected chi connectivity index (χ0v) is 16.9. The third-order valence-corrected chi connectivity index (χ3v) is 4.96. The van der Waals surface area contributed by atoms with Gasteiger partial charge >= 0.3 is 6.18 Å². The number of nitriles is 1. The van der Waals surface area contributed by atoms with Crippen LogP contribution in [0, 0.1) is 11.3 Å². The number of anilines is 2. The SMILES string of the molecule is [2H]c1cc(N2C(=S)N(c3c([2H])cc(C#N)c(C(F)(F)F)c3[2H])C(=O)C2(C)C)ccc1C(=O)NC([2H])[2H]. The average Bonchev–Trinajstić information content (AvgIpc) is 2.90. The summed E-state index contributed by atoms with van der Waals surface area (Å²) in [5.41, 5.74) is -4.87. The Morgan fingerprint density at radius 2 is 1.97 bits per heavy atom. The van der Waals surface area contributed by atoms with E-state index in [4.69, 9.17) is 24.3 Å². The molecule has 3 rings (SSSR count). The zero-order chi connectivity index (χ0) is 27.3. The van der Waals surface area contributed by atoms with Gasteiger partial charge in [0.15, 0.2) is 5.11 Å². The average molecular weight is 451 g/mol. The van der Waals surface area contributed by atoms with Gasteiger partial charge in [0.1, 0.15) is 5.54 Å². The second kappa shape index (κ2) is 7.67. The number of alkyl halides is 3. The standard InChI is InChI=1S/C21H17F3N4O2S/c1-20(2)18(30)27(15-9-6-13(11-25)16(10-15)21(22,23)24)19(31)28(20)14-7-4-12(5-8-14)17(29)26-3/h4-10H,1-3H3,(H,26,29)/i3D2,4D,9D,10D. The fourth-order valence-electron chi connectivity index (χ4n) is 3.07. The Bertz CT molecular complexity index is 1340. The van der Waals surface area contributed by atoms with Gasteiger partial charge in [-0.05, 0) is 68.5 Å². The molecule has 1 aliphatic heterocycles. The molecular formula is C21H17F3N4O2S. The van der Waals surface area contributed by atoms with Crippen LogP contribution in [0.15, 0.2) is 42.4 Å². The second-order valence-corrected chi connectivity index (χ2v) is 7.28. The summed E-state index contributed by atoms with van der Waals surface area (Å²) < 4.78 is 79.6. The van der Waals surface area contributed by atoms with E-state index in [0.717, 1.165) is 0 Å². The Hall–Kier alpha value is -3.45. The number of rotatable bonds is 3. The number of hydrogen-bond donors (Lipinski definition) is 1. The van der Waals surface area contributed by atoms with Crippen LogP contribution >= 0.6 is 12.2 Å². The van der Waals surface area contributed by atoms with Crippen molar-refractivity contribution in [2.75, 3.05) is 16.8 Å². The third kappa shape index (κ3) is 3.72. The Balaban J connectivity index is 2.15. The summed E-state index contributed by atoms with van der Waals surface area (Å²) in [5.74, 6) is -1.70. The molecule has 0 spiro atoms. The van der Waals surface area contributed by atoms with Crippen LogP contribution < -0.4 is 15.1 Å². The van der Waals surface area contributed by atoms with Crippen molar-refractivity contribution in [3.63, 3.8) is 0 Å². The molecule has 0 atom stereocenters. The minimum absolute atomic E-state index is 0.124. The topological polar surface area (TPSA) is 76.4 Å². The number of nitrogens with one attached hydrogen (secondary N) is 1. The maximum Gasteiger partial charge on any atom is 0.417 e. The number of carbonyl (C=O) groups is 2. The molecule has 10 heteroatoms. The van der Waals surface area contributed by atoms with Crippen molar-refractivity contribution in [2.24, 2.45) is 0 Å². The van der Waals surface area contributed by atoms with Crippen molar-refractivity contribution in [3.8, 4) is 6.07 Å². The summed E-state index contributed by atoms with van der Waals surface area (Å²) in [6.07, 6.45) is -5.11. The molecule has 1 fully saturated rings. The number of thiocarbonyl (C=S) groups is 1. The molecule has 0 bridgehead atoms. The van der Waals surface area contributed by atoms with E-state index in [-0.39, 0.29) is 22.4 Å². The van der Waals surface area contributed by atoms with Crippen molar-refractivity contribution < 1.29 is 29.6 Å². The third-order valence-electron chi connectivity index (χ3n) is 4.59. The number of amides is 2. The Morgan fingerprint density at radius 3 is 2.55 bits per heavy atom. The summed E-state index contributed by atoms with van der Waals surface area (Å²) in [5, 5.41) is 10.7.